The van der Waals surface area contributed by atoms with E-state index in [0.717, 1.165) is 35.3 Å². The van der Waals surface area contributed by atoms with E-state index in [-0.39, 0.29) is 0 Å². The molecule has 3 rings (SSSR count). The molecule has 0 aliphatic heterocycles. The van der Waals surface area contributed by atoms with Gasteiger partial charge >= 0.3 is 5.97 Å². The number of hydrogen-bond acceptors (Lipinski definition) is 3. The maximum atomic E-state index is 12.1. The highest BCUT2D eigenvalue weighted by Crippen LogP contribution is 2.35. The van der Waals surface area contributed by atoms with E-state index in [1.54, 1.807) is 11.3 Å². The van der Waals surface area contributed by atoms with Gasteiger partial charge < -0.3 is 5.11 Å². The van der Waals surface area contributed by atoms with E-state index in [2.05, 4.69) is 11.4 Å². The van der Waals surface area contributed by atoms with Crippen molar-refractivity contribution in [1.29, 1.82) is 0 Å². The summed E-state index contributed by atoms with van der Waals surface area (Å²) in [7, 11) is 0. The van der Waals surface area contributed by atoms with Crippen molar-refractivity contribution in [2.45, 2.75) is 37.8 Å². The average Bonchev–Trinajstić information content (AvgIpc) is 2.93. The summed E-state index contributed by atoms with van der Waals surface area (Å²) in [4.78, 5) is 13.3. The van der Waals surface area contributed by atoms with Gasteiger partial charge in [0.05, 0.1) is 0 Å². The van der Waals surface area contributed by atoms with E-state index in [1.807, 2.05) is 35.7 Å². The second kappa shape index (κ2) is 6.00. The van der Waals surface area contributed by atoms with Crippen molar-refractivity contribution in [3.05, 3.63) is 57.8 Å². The number of thiophene rings is 1. The lowest BCUT2D eigenvalue weighted by molar-refractivity contribution is -0.146. The second-order valence-electron chi connectivity index (χ2n) is 5.51. The van der Waals surface area contributed by atoms with Gasteiger partial charge in [-0.05, 0) is 41.8 Å². The van der Waals surface area contributed by atoms with E-state index in [1.165, 1.54) is 0 Å². The van der Waals surface area contributed by atoms with Crippen LogP contribution in [0.4, 0.5) is 0 Å². The topological polar surface area (TPSA) is 49.3 Å². The SMILES string of the molecule is O=C(O)C1(NCc2cccs2)CCCCc2ccccc21. The van der Waals surface area contributed by atoms with Crippen molar-refractivity contribution in [3.63, 3.8) is 0 Å². The number of carbonyl (C=O) groups is 1. The maximum absolute atomic E-state index is 12.1. The molecule has 0 fully saturated rings. The molecule has 0 radical (unpaired) electrons. The molecule has 0 amide bonds. The number of carboxylic acids is 1. The lowest BCUT2D eigenvalue weighted by Crippen LogP contribution is -2.49. The minimum Gasteiger partial charge on any atom is -0.480 e. The van der Waals surface area contributed by atoms with E-state index in [4.69, 9.17) is 0 Å². The summed E-state index contributed by atoms with van der Waals surface area (Å²) < 4.78 is 0. The Morgan fingerprint density at radius 2 is 2.10 bits per heavy atom. The molecule has 2 aromatic rings. The van der Waals surface area contributed by atoms with Crippen LogP contribution in [0.1, 0.15) is 35.3 Å². The Morgan fingerprint density at radius 3 is 2.86 bits per heavy atom. The maximum Gasteiger partial charge on any atom is 0.328 e. The van der Waals surface area contributed by atoms with Crippen LogP contribution < -0.4 is 5.32 Å². The van der Waals surface area contributed by atoms with Crippen LogP contribution in [0.25, 0.3) is 0 Å². The van der Waals surface area contributed by atoms with Gasteiger partial charge in [-0.1, -0.05) is 36.8 Å². The molecule has 1 aromatic carbocycles. The van der Waals surface area contributed by atoms with Gasteiger partial charge in [-0.15, -0.1) is 11.3 Å². The zero-order valence-corrected chi connectivity index (χ0v) is 12.7. The summed E-state index contributed by atoms with van der Waals surface area (Å²) in [6.07, 6.45) is 3.59. The molecule has 2 N–H and O–H groups in total. The Balaban J connectivity index is 1.97. The Morgan fingerprint density at radius 1 is 1.24 bits per heavy atom. The van der Waals surface area contributed by atoms with Crippen LogP contribution in [0.2, 0.25) is 0 Å². The van der Waals surface area contributed by atoms with Crippen molar-refractivity contribution in [2.24, 2.45) is 0 Å². The quantitative estimate of drug-likeness (QED) is 0.849. The van der Waals surface area contributed by atoms with Crippen LogP contribution in [0.15, 0.2) is 41.8 Å². The van der Waals surface area contributed by atoms with Gasteiger partial charge in [-0.2, -0.15) is 0 Å². The van der Waals surface area contributed by atoms with E-state index in [9.17, 15) is 9.90 Å². The normalized spacial score (nSPS) is 21.5. The Labute approximate surface area is 128 Å². The van der Waals surface area contributed by atoms with Crippen molar-refractivity contribution in [2.75, 3.05) is 0 Å². The summed E-state index contributed by atoms with van der Waals surface area (Å²) >= 11 is 1.65. The molecular weight excluding hydrogens is 282 g/mol. The van der Waals surface area contributed by atoms with Crippen LogP contribution >= 0.6 is 11.3 Å². The molecular formula is C17H19NO2S. The van der Waals surface area contributed by atoms with Crippen molar-refractivity contribution in [3.8, 4) is 0 Å². The van der Waals surface area contributed by atoms with Gasteiger partial charge in [-0.3, -0.25) is 5.32 Å². The first kappa shape index (κ1) is 14.3. The summed E-state index contributed by atoms with van der Waals surface area (Å²) in [6, 6.07) is 12.0. The smallest absolute Gasteiger partial charge is 0.328 e. The van der Waals surface area contributed by atoms with Crippen LogP contribution in [0.3, 0.4) is 0 Å². The van der Waals surface area contributed by atoms with Crippen molar-refractivity contribution < 1.29 is 9.90 Å². The third-order valence-electron chi connectivity index (χ3n) is 4.23. The highest BCUT2D eigenvalue weighted by Gasteiger charge is 2.42. The first-order valence-electron chi connectivity index (χ1n) is 7.31. The predicted molar refractivity (Wildman–Crippen MR) is 84.5 cm³/mol. The molecule has 3 nitrogen and oxygen atoms in total. The van der Waals surface area contributed by atoms with Crippen LogP contribution in [-0.4, -0.2) is 11.1 Å². The number of hydrogen-bond donors (Lipinski definition) is 2. The molecule has 0 saturated heterocycles. The fraction of sp³-hybridized carbons (Fsp3) is 0.353. The number of carboxylic acid groups (broad SMARTS) is 1. The summed E-state index contributed by atoms with van der Waals surface area (Å²) in [6.45, 7) is 0.596. The van der Waals surface area contributed by atoms with Crippen LogP contribution in [0.5, 0.6) is 0 Å². The Hall–Kier alpha value is -1.65. The minimum atomic E-state index is -0.961. The van der Waals surface area contributed by atoms with Gasteiger partial charge in [0, 0.05) is 11.4 Å². The fourth-order valence-corrected chi connectivity index (χ4v) is 3.77. The first-order chi connectivity index (χ1) is 10.2. The van der Waals surface area contributed by atoms with Crippen molar-refractivity contribution >= 4 is 17.3 Å². The number of aryl methyl sites for hydroxylation is 1. The zero-order valence-electron chi connectivity index (χ0n) is 11.8. The monoisotopic (exact) mass is 301 g/mol. The number of rotatable bonds is 4. The molecule has 1 aliphatic carbocycles. The number of fused-ring (bicyclic) bond motifs is 1. The molecule has 1 heterocycles. The van der Waals surface area contributed by atoms with E-state index in [0.29, 0.717) is 13.0 Å². The first-order valence-corrected chi connectivity index (χ1v) is 8.19. The number of benzene rings is 1. The third kappa shape index (κ3) is 2.74. The lowest BCUT2D eigenvalue weighted by atomic mass is 9.84. The highest BCUT2D eigenvalue weighted by molar-refractivity contribution is 7.09. The number of nitrogens with one attached hydrogen (secondary N) is 1. The van der Waals surface area contributed by atoms with E-state index >= 15 is 0 Å². The van der Waals surface area contributed by atoms with Gasteiger partial charge in [0.2, 0.25) is 0 Å². The molecule has 0 bridgehead atoms. The Bertz CT molecular complexity index is 623. The van der Waals surface area contributed by atoms with Gasteiger partial charge in [0.25, 0.3) is 0 Å². The number of aliphatic carboxylic acids is 1. The summed E-state index contributed by atoms with van der Waals surface area (Å²) in [5.41, 5.74) is 1.14. The summed E-state index contributed by atoms with van der Waals surface area (Å²) in [5, 5.41) is 15.3. The molecule has 0 spiro atoms. The standard InChI is InChI=1S/C17H19NO2S/c19-16(20)17(18-12-14-8-5-11-21-14)10-4-3-7-13-6-1-2-9-15(13)17/h1-2,5-6,8-9,11,18H,3-4,7,10,12H2,(H,19,20). The van der Waals surface area contributed by atoms with Gasteiger partial charge in [0.1, 0.15) is 5.54 Å². The van der Waals surface area contributed by atoms with Crippen molar-refractivity contribution in [1.82, 2.24) is 5.32 Å². The van der Waals surface area contributed by atoms with Crippen LogP contribution in [0, 0.1) is 0 Å². The molecule has 4 heteroatoms. The average molecular weight is 301 g/mol. The van der Waals surface area contributed by atoms with Gasteiger partial charge in [0.15, 0.2) is 0 Å². The molecule has 1 aromatic heterocycles. The third-order valence-corrected chi connectivity index (χ3v) is 5.11. The van der Waals surface area contributed by atoms with Crippen LogP contribution in [-0.2, 0) is 23.3 Å². The Kier molecular flexibility index (Phi) is 4.08. The second-order valence-corrected chi connectivity index (χ2v) is 6.54. The predicted octanol–water partition coefficient (Wildman–Crippen LogP) is 3.54. The molecule has 0 saturated carbocycles. The highest BCUT2D eigenvalue weighted by atomic mass is 32.1. The van der Waals surface area contributed by atoms with E-state index < -0.39 is 11.5 Å². The minimum absolute atomic E-state index is 0.596. The molecule has 1 unspecified atom stereocenters. The largest absolute Gasteiger partial charge is 0.480 e. The zero-order chi connectivity index (χ0) is 14.7. The molecule has 1 aliphatic rings. The molecule has 21 heavy (non-hydrogen) atoms. The molecule has 110 valence electrons. The fourth-order valence-electron chi connectivity index (χ4n) is 3.13. The van der Waals surface area contributed by atoms with Gasteiger partial charge in [-0.25, -0.2) is 4.79 Å². The lowest BCUT2D eigenvalue weighted by Gasteiger charge is -2.31. The molecule has 1 atom stereocenters. The summed E-state index contributed by atoms with van der Waals surface area (Å²) in [5.74, 6) is -0.770.